The van der Waals surface area contributed by atoms with Crippen LogP contribution < -0.4 is 0 Å². The summed E-state index contributed by atoms with van der Waals surface area (Å²) in [6.07, 6.45) is 0. The minimum atomic E-state index is -0.243. The van der Waals surface area contributed by atoms with Gasteiger partial charge in [-0.3, -0.25) is 9.97 Å². The quantitative estimate of drug-likeness (QED) is 0.174. The number of benzene rings is 8. The molecule has 8 aromatic carbocycles. The number of hydrogen-bond donors (Lipinski definition) is 1. The molecular weight excluding hydrogens is 1050 g/mol. The van der Waals surface area contributed by atoms with Crippen molar-refractivity contribution in [2.24, 2.45) is 0 Å². The molecular formula is C65H52N3O2Pt-. The molecule has 1 N–H and O–H groups in total. The molecule has 3 aliphatic carbocycles. The van der Waals surface area contributed by atoms with Crippen LogP contribution in [0.3, 0.4) is 0 Å². The average molecular weight is 1100 g/mol. The van der Waals surface area contributed by atoms with Gasteiger partial charge in [0, 0.05) is 61.0 Å². The van der Waals surface area contributed by atoms with Gasteiger partial charge in [-0.05, 0) is 98.2 Å². The molecule has 3 aliphatic rings. The minimum Gasteiger partial charge on any atom is -0.507 e. The number of furan rings is 1. The van der Waals surface area contributed by atoms with Crippen molar-refractivity contribution in [1.82, 2.24) is 14.5 Å². The third kappa shape index (κ3) is 6.99. The second-order valence-electron chi connectivity index (χ2n) is 21.4. The molecule has 14 rings (SSSR count). The van der Waals surface area contributed by atoms with Crippen LogP contribution in [0.2, 0.25) is 0 Å². The average Bonchev–Trinajstić information content (AvgIpc) is 3.96. The first-order valence-corrected chi connectivity index (χ1v) is 24.4. The van der Waals surface area contributed by atoms with Gasteiger partial charge in [0.25, 0.3) is 0 Å². The van der Waals surface area contributed by atoms with Gasteiger partial charge in [0.15, 0.2) is 5.58 Å². The van der Waals surface area contributed by atoms with Crippen molar-refractivity contribution in [3.8, 4) is 56.3 Å². The molecule has 0 fully saturated rings. The summed E-state index contributed by atoms with van der Waals surface area (Å²) >= 11 is 0. The SMILES string of the molecule is Cc1ccccc1-c1cc(-c2[c-]c(-c3nc4ccccc4n3-c3ccc(C(C)(C)C)cc3-c3ccccc3)cc(C(C)(C)C)c2)nc2c1oc1c3c(cc(O)c12)C1c2ccccc2C3c2ccccc21.[Pt]. The van der Waals surface area contributed by atoms with Gasteiger partial charge in [0.1, 0.15) is 16.8 Å². The maximum Gasteiger partial charge on any atom is 0.160 e. The Hall–Kier alpha value is -7.33. The fourth-order valence-electron chi connectivity index (χ4n) is 11.5. The van der Waals surface area contributed by atoms with Crippen LogP contribution in [-0.2, 0) is 31.9 Å². The number of aryl methyl sites for hydroxylation is 1. The molecule has 0 amide bonds. The van der Waals surface area contributed by atoms with E-state index >= 15 is 0 Å². The fourth-order valence-corrected chi connectivity index (χ4v) is 11.5. The number of hydrogen-bond acceptors (Lipinski definition) is 4. The molecule has 0 unspecified atom stereocenters. The zero-order chi connectivity index (χ0) is 47.8. The molecule has 0 spiro atoms. The normalized spacial score (nSPS) is 14.9. The summed E-state index contributed by atoms with van der Waals surface area (Å²) in [7, 11) is 0. The van der Waals surface area contributed by atoms with Crippen molar-refractivity contribution >= 4 is 33.1 Å². The Bertz CT molecular complexity index is 3910. The van der Waals surface area contributed by atoms with Gasteiger partial charge in [-0.2, -0.15) is 0 Å². The third-order valence-electron chi connectivity index (χ3n) is 15.0. The van der Waals surface area contributed by atoms with Gasteiger partial charge in [0.2, 0.25) is 0 Å². The third-order valence-corrected chi connectivity index (χ3v) is 15.0. The summed E-state index contributed by atoms with van der Waals surface area (Å²) in [6, 6.07) is 64.5. The first-order valence-electron chi connectivity index (χ1n) is 24.4. The Morgan fingerprint density at radius 1 is 0.549 bits per heavy atom. The molecule has 3 aromatic heterocycles. The van der Waals surface area contributed by atoms with Crippen molar-refractivity contribution in [3.05, 3.63) is 226 Å². The number of aromatic nitrogens is 3. The van der Waals surface area contributed by atoms with E-state index in [2.05, 4.69) is 223 Å². The molecule has 0 saturated carbocycles. The Kier molecular flexibility index (Phi) is 10.3. The van der Waals surface area contributed by atoms with E-state index in [9.17, 15) is 5.11 Å². The number of imidazole rings is 1. The van der Waals surface area contributed by atoms with E-state index < -0.39 is 0 Å². The number of aromatic hydroxyl groups is 1. The van der Waals surface area contributed by atoms with Crippen LogP contribution >= 0.6 is 0 Å². The van der Waals surface area contributed by atoms with Crippen LogP contribution in [0.15, 0.2) is 174 Å². The summed E-state index contributed by atoms with van der Waals surface area (Å²) < 4.78 is 9.56. The molecule has 6 heteroatoms. The zero-order valence-corrected chi connectivity index (χ0v) is 43.1. The molecule has 2 bridgehead atoms. The van der Waals surface area contributed by atoms with Crippen LogP contribution in [0.4, 0.5) is 0 Å². The number of nitrogens with zero attached hydrogens (tertiary/aromatic N) is 3. The molecule has 11 aromatic rings. The number of phenolic OH excluding ortho intramolecular Hbond substituents is 1. The molecule has 0 atom stereocenters. The predicted molar refractivity (Wildman–Crippen MR) is 285 cm³/mol. The summed E-state index contributed by atoms with van der Waals surface area (Å²) in [5.41, 5.74) is 22.1. The van der Waals surface area contributed by atoms with E-state index in [-0.39, 0.29) is 49.5 Å². The van der Waals surface area contributed by atoms with Gasteiger partial charge < -0.3 is 14.1 Å². The van der Waals surface area contributed by atoms with Crippen molar-refractivity contribution < 1.29 is 30.6 Å². The van der Waals surface area contributed by atoms with E-state index in [0.717, 1.165) is 83.9 Å². The molecule has 5 nitrogen and oxygen atoms in total. The van der Waals surface area contributed by atoms with Gasteiger partial charge in [-0.15, -0.1) is 23.8 Å². The second kappa shape index (κ2) is 16.4. The zero-order valence-electron chi connectivity index (χ0n) is 40.8. The minimum absolute atomic E-state index is 0. The Labute approximate surface area is 429 Å². The summed E-state index contributed by atoms with van der Waals surface area (Å²) in [5.74, 6) is 0.892. The maximum absolute atomic E-state index is 12.4. The second-order valence-corrected chi connectivity index (χ2v) is 21.4. The van der Waals surface area contributed by atoms with Gasteiger partial charge >= 0.3 is 0 Å². The molecule has 0 aliphatic heterocycles. The van der Waals surface area contributed by atoms with Crippen molar-refractivity contribution in [1.29, 1.82) is 0 Å². The molecule has 0 radical (unpaired) electrons. The standard InChI is InChI=1S/C65H52N3O2.Pt/c1-37-19-11-12-22-43(37)49-35-52(66-60-59-55(69)36-50-56-44-23-13-15-25-46(44)57(47-26-16-14-24-45(47)56)58(50)62(59)70-61(49)60)39-31-40(33-42(32-39)65(5,6)7)63-67-51-27-17-18-28-54(51)68(63)53-30-29-41(64(2,3)4)34-48(53)38-20-9-8-10-21-38;/h8-30,32-36,56-57,69H,1-7H3;/q-1;. The number of para-hydroxylation sites is 2. The molecule has 3 heterocycles. The Morgan fingerprint density at radius 2 is 1.17 bits per heavy atom. The van der Waals surface area contributed by atoms with Crippen molar-refractivity contribution in [2.75, 3.05) is 0 Å². The Morgan fingerprint density at radius 3 is 1.86 bits per heavy atom. The maximum atomic E-state index is 12.4. The largest absolute Gasteiger partial charge is 0.507 e. The monoisotopic (exact) mass is 1100 g/mol. The van der Waals surface area contributed by atoms with Crippen LogP contribution in [0.5, 0.6) is 5.75 Å². The summed E-state index contributed by atoms with van der Waals surface area (Å²) in [6.45, 7) is 15.7. The van der Waals surface area contributed by atoms with Gasteiger partial charge in [-0.1, -0.05) is 180 Å². The summed E-state index contributed by atoms with van der Waals surface area (Å²) in [5, 5.41) is 13.0. The van der Waals surface area contributed by atoms with Crippen LogP contribution in [0.1, 0.15) is 103 Å². The van der Waals surface area contributed by atoms with E-state index in [1.54, 1.807) is 0 Å². The van der Waals surface area contributed by atoms with Crippen LogP contribution in [-0.4, -0.2) is 19.6 Å². The first kappa shape index (κ1) is 44.8. The predicted octanol–water partition coefficient (Wildman–Crippen LogP) is 16.4. The van der Waals surface area contributed by atoms with E-state index in [1.807, 2.05) is 6.07 Å². The number of rotatable bonds is 5. The smallest absolute Gasteiger partial charge is 0.160 e. The summed E-state index contributed by atoms with van der Waals surface area (Å²) in [4.78, 5) is 11.0. The van der Waals surface area contributed by atoms with E-state index in [4.69, 9.17) is 14.4 Å². The van der Waals surface area contributed by atoms with Gasteiger partial charge in [0.05, 0.1) is 22.2 Å². The van der Waals surface area contributed by atoms with E-state index in [1.165, 1.54) is 27.8 Å². The Balaban J connectivity index is 0.00000517. The molecule has 0 saturated heterocycles. The fraction of sp³-hybridized carbons (Fsp3) is 0.169. The van der Waals surface area contributed by atoms with Crippen molar-refractivity contribution in [3.63, 3.8) is 0 Å². The van der Waals surface area contributed by atoms with Crippen LogP contribution in [0.25, 0.3) is 83.7 Å². The topological polar surface area (TPSA) is 64.1 Å². The van der Waals surface area contributed by atoms with E-state index in [0.29, 0.717) is 22.1 Å². The number of fused-ring (bicyclic) bond motifs is 4. The molecule has 350 valence electrons. The number of phenols is 1. The molecule has 71 heavy (non-hydrogen) atoms. The van der Waals surface area contributed by atoms with Crippen LogP contribution in [0, 0.1) is 13.0 Å². The van der Waals surface area contributed by atoms with Gasteiger partial charge in [-0.25, -0.2) is 0 Å². The number of pyridine rings is 1. The van der Waals surface area contributed by atoms with Crippen molar-refractivity contribution in [2.45, 2.75) is 71.1 Å². The first-order chi connectivity index (χ1) is 33.8.